The standard InChI is InChI=1S/C11H12O4/c1-6-5-15-8-4-3-7(11(13)14-2)10(12)9(6)8/h5,7H,3-4H2,1-2H3. The van der Waals surface area contributed by atoms with Crippen molar-refractivity contribution in [2.45, 2.75) is 19.8 Å². The van der Waals surface area contributed by atoms with Gasteiger partial charge in [-0.05, 0) is 18.9 Å². The van der Waals surface area contributed by atoms with Crippen LogP contribution in [-0.2, 0) is 16.0 Å². The molecule has 15 heavy (non-hydrogen) atoms. The normalized spacial score (nSPS) is 19.9. The molecule has 0 bridgehead atoms. The predicted octanol–water partition coefficient (Wildman–Crippen LogP) is 1.51. The first-order valence-corrected chi connectivity index (χ1v) is 4.84. The van der Waals surface area contributed by atoms with E-state index in [1.54, 1.807) is 13.2 Å². The number of hydrogen-bond donors (Lipinski definition) is 0. The molecule has 1 aliphatic rings. The topological polar surface area (TPSA) is 56.5 Å². The summed E-state index contributed by atoms with van der Waals surface area (Å²) in [4.78, 5) is 23.3. The first-order valence-electron chi connectivity index (χ1n) is 4.84. The summed E-state index contributed by atoms with van der Waals surface area (Å²) in [6.45, 7) is 1.81. The van der Waals surface area contributed by atoms with Crippen molar-refractivity contribution in [2.24, 2.45) is 5.92 Å². The molecule has 1 unspecified atom stereocenters. The summed E-state index contributed by atoms with van der Waals surface area (Å²) in [5.41, 5.74) is 1.36. The number of hydrogen-bond acceptors (Lipinski definition) is 4. The number of rotatable bonds is 1. The van der Waals surface area contributed by atoms with Crippen LogP contribution in [0.5, 0.6) is 0 Å². The Kier molecular flexibility index (Phi) is 2.34. The van der Waals surface area contributed by atoms with Crippen LogP contribution >= 0.6 is 0 Å². The van der Waals surface area contributed by atoms with E-state index in [1.807, 2.05) is 0 Å². The van der Waals surface area contributed by atoms with Gasteiger partial charge >= 0.3 is 5.97 Å². The first kappa shape index (κ1) is 9.96. The minimum absolute atomic E-state index is 0.172. The van der Waals surface area contributed by atoms with Crippen molar-refractivity contribution in [1.82, 2.24) is 0 Å². The summed E-state index contributed by atoms with van der Waals surface area (Å²) in [5.74, 6) is -0.586. The van der Waals surface area contributed by atoms with Gasteiger partial charge in [-0.3, -0.25) is 9.59 Å². The Balaban J connectivity index is 2.37. The van der Waals surface area contributed by atoms with Crippen LogP contribution in [0.25, 0.3) is 0 Å². The Morgan fingerprint density at radius 3 is 3.00 bits per heavy atom. The molecule has 0 saturated carbocycles. The van der Waals surface area contributed by atoms with Crippen LogP contribution in [0.1, 0.15) is 28.1 Å². The average Bonchev–Trinajstić information content (AvgIpc) is 2.61. The second-order valence-electron chi connectivity index (χ2n) is 3.70. The predicted molar refractivity (Wildman–Crippen MR) is 51.6 cm³/mol. The maximum atomic E-state index is 11.9. The van der Waals surface area contributed by atoms with Crippen molar-refractivity contribution >= 4 is 11.8 Å². The van der Waals surface area contributed by atoms with E-state index in [-0.39, 0.29) is 5.78 Å². The molecule has 0 N–H and O–H groups in total. The molecule has 2 rings (SSSR count). The van der Waals surface area contributed by atoms with E-state index in [0.29, 0.717) is 24.2 Å². The molecular weight excluding hydrogens is 196 g/mol. The molecule has 0 fully saturated rings. The van der Waals surface area contributed by atoms with Gasteiger partial charge in [-0.15, -0.1) is 0 Å². The minimum Gasteiger partial charge on any atom is -0.468 e. The molecule has 0 aliphatic heterocycles. The summed E-state index contributed by atoms with van der Waals surface area (Å²) in [6, 6.07) is 0. The molecule has 0 radical (unpaired) electrons. The second kappa shape index (κ2) is 3.53. The number of esters is 1. The van der Waals surface area contributed by atoms with Crippen LogP contribution in [0, 0.1) is 12.8 Å². The molecule has 1 aromatic rings. The van der Waals surface area contributed by atoms with Crippen LogP contribution in [0.4, 0.5) is 0 Å². The summed E-state index contributed by atoms with van der Waals surface area (Å²) >= 11 is 0. The molecule has 4 nitrogen and oxygen atoms in total. The maximum Gasteiger partial charge on any atom is 0.316 e. The summed E-state index contributed by atoms with van der Waals surface area (Å²) in [5, 5.41) is 0. The molecule has 80 valence electrons. The highest BCUT2D eigenvalue weighted by Gasteiger charge is 2.36. The zero-order valence-corrected chi connectivity index (χ0v) is 8.70. The molecule has 1 aromatic heterocycles. The van der Waals surface area contributed by atoms with Crippen LogP contribution in [0.15, 0.2) is 10.7 Å². The molecular formula is C11H12O4. The Bertz CT molecular complexity index is 416. The Morgan fingerprint density at radius 1 is 1.60 bits per heavy atom. The number of furan rings is 1. The zero-order valence-electron chi connectivity index (χ0n) is 8.70. The Hall–Kier alpha value is -1.58. The molecule has 1 heterocycles. The highest BCUT2D eigenvalue weighted by atomic mass is 16.5. The number of aryl methyl sites for hydroxylation is 2. The van der Waals surface area contributed by atoms with Gasteiger partial charge in [-0.1, -0.05) is 0 Å². The third-order valence-corrected chi connectivity index (χ3v) is 2.76. The lowest BCUT2D eigenvalue weighted by Gasteiger charge is -2.18. The van der Waals surface area contributed by atoms with Crippen molar-refractivity contribution < 1.29 is 18.7 Å². The van der Waals surface area contributed by atoms with E-state index in [1.165, 1.54) is 7.11 Å². The first-order chi connectivity index (χ1) is 7.15. The molecule has 1 atom stereocenters. The van der Waals surface area contributed by atoms with E-state index in [9.17, 15) is 9.59 Å². The van der Waals surface area contributed by atoms with Gasteiger partial charge in [0.1, 0.15) is 11.7 Å². The number of ether oxygens (including phenoxy) is 1. The lowest BCUT2D eigenvalue weighted by Crippen LogP contribution is -2.30. The highest BCUT2D eigenvalue weighted by molar-refractivity contribution is 6.10. The van der Waals surface area contributed by atoms with Gasteiger partial charge < -0.3 is 9.15 Å². The number of methoxy groups -OCH3 is 1. The van der Waals surface area contributed by atoms with E-state index in [4.69, 9.17) is 4.42 Å². The van der Waals surface area contributed by atoms with Crippen molar-refractivity contribution in [3.63, 3.8) is 0 Å². The summed E-state index contributed by atoms with van der Waals surface area (Å²) in [6.07, 6.45) is 2.66. The largest absolute Gasteiger partial charge is 0.468 e. The summed E-state index contributed by atoms with van der Waals surface area (Å²) in [7, 11) is 1.30. The molecule has 0 spiro atoms. The van der Waals surface area contributed by atoms with Crippen LogP contribution in [0.2, 0.25) is 0 Å². The van der Waals surface area contributed by atoms with Gasteiger partial charge in [0.05, 0.1) is 18.9 Å². The molecule has 0 saturated heterocycles. The number of carbonyl (C=O) groups excluding carboxylic acids is 2. The number of fused-ring (bicyclic) bond motifs is 1. The number of ketones is 1. The quantitative estimate of drug-likeness (QED) is 0.518. The number of Topliss-reactive ketones (excluding diaryl/α,β-unsaturated/α-hetero) is 1. The average molecular weight is 208 g/mol. The second-order valence-corrected chi connectivity index (χ2v) is 3.70. The van der Waals surface area contributed by atoms with Gasteiger partial charge in [0.25, 0.3) is 0 Å². The minimum atomic E-state index is -0.654. The summed E-state index contributed by atoms with van der Waals surface area (Å²) < 4.78 is 9.85. The van der Waals surface area contributed by atoms with Crippen molar-refractivity contribution in [1.29, 1.82) is 0 Å². The number of carbonyl (C=O) groups is 2. The van der Waals surface area contributed by atoms with Crippen molar-refractivity contribution in [3.8, 4) is 0 Å². The smallest absolute Gasteiger partial charge is 0.316 e. The highest BCUT2D eigenvalue weighted by Crippen LogP contribution is 2.29. The van der Waals surface area contributed by atoms with E-state index >= 15 is 0 Å². The monoisotopic (exact) mass is 208 g/mol. The van der Waals surface area contributed by atoms with E-state index in [2.05, 4.69) is 4.74 Å². The van der Waals surface area contributed by atoms with E-state index < -0.39 is 11.9 Å². The molecule has 0 aromatic carbocycles. The fourth-order valence-electron chi connectivity index (χ4n) is 1.96. The molecule has 4 heteroatoms. The third-order valence-electron chi connectivity index (χ3n) is 2.76. The van der Waals surface area contributed by atoms with Crippen LogP contribution in [0.3, 0.4) is 0 Å². The molecule has 0 amide bonds. The SMILES string of the molecule is COC(=O)C1CCc2occ(C)c2C1=O. The van der Waals surface area contributed by atoms with Gasteiger partial charge in [0.15, 0.2) is 5.78 Å². The van der Waals surface area contributed by atoms with Gasteiger partial charge in [-0.25, -0.2) is 0 Å². The fraction of sp³-hybridized carbons (Fsp3) is 0.455. The Labute approximate surface area is 87.2 Å². The van der Waals surface area contributed by atoms with Gasteiger partial charge in [0, 0.05) is 6.42 Å². The lowest BCUT2D eigenvalue weighted by atomic mass is 9.85. The Morgan fingerprint density at radius 2 is 2.33 bits per heavy atom. The van der Waals surface area contributed by atoms with Crippen molar-refractivity contribution in [2.75, 3.05) is 7.11 Å². The van der Waals surface area contributed by atoms with Gasteiger partial charge in [-0.2, -0.15) is 0 Å². The zero-order chi connectivity index (χ0) is 11.0. The lowest BCUT2D eigenvalue weighted by molar-refractivity contribution is -0.143. The molecule has 1 aliphatic carbocycles. The van der Waals surface area contributed by atoms with Crippen LogP contribution < -0.4 is 0 Å². The maximum absolute atomic E-state index is 11.9. The fourth-order valence-corrected chi connectivity index (χ4v) is 1.96. The van der Waals surface area contributed by atoms with Crippen LogP contribution in [-0.4, -0.2) is 18.9 Å². The van der Waals surface area contributed by atoms with Crippen molar-refractivity contribution in [3.05, 3.63) is 23.2 Å². The van der Waals surface area contributed by atoms with Gasteiger partial charge in [0.2, 0.25) is 0 Å². The van der Waals surface area contributed by atoms with E-state index in [0.717, 1.165) is 5.56 Å². The third kappa shape index (κ3) is 1.46.